The van der Waals surface area contributed by atoms with Crippen LogP contribution in [0.2, 0.25) is 0 Å². The van der Waals surface area contributed by atoms with Crippen LogP contribution in [-0.4, -0.2) is 35.3 Å². The second-order valence-electron chi connectivity index (χ2n) is 3.81. The number of thioether (sulfide) groups is 1. The van der Waals surface area contributed by atoms with E-state index in [1.807, 2.05) is 0 Å². The first-order chi connectivity index (χ1) is 6.69. The lowest BCUT2D eigenvalue weighted by molar-refractivity contribution is 0.267. The van der Waals surface area contributed by atoms with Crippen molar-refractivity contribution in [2.75, 3.05) is 12.9 Å². The fourth-order valence-corrected chi connectivity index (χ4v) is 2.31. The Labute approximate surface area is 92.9 Å². The van der Waals surface area contributed by atoms with Crippen LogP contribution in [0.3, 0.4) is 0 Å². The smallest absolute Gasteiger partial charge is 0.0564 e. The van der Waals surface area contributed by atoms with E-state index in [1.165, 1.54) is 19.3 Å². The van der Waals surface area contributed by atoms with E-state index in [0.717, 1.165) is 0 Å². The number of hydrogen-bond acceptors (Lipinski definition) is 3. The molecule has 86 valence electrons. The highest BCUT2D eigenvalue weighted by Crippen LogP contribution is 2.12. The summed E-state index contributed by atoms with van der Waals surface area (Å²) in [7, 11) is 0. The van der Waals surface area contributed by atoms with E-state index in [4.69, 9.17) is 5.11 Å². The van der Waals surface area contributed by atoms with Gasteiger partial charge in [0.1, 0.15) is 0 Å². The van der Waals surface area contributed by atoms with Gasteiger partial charge in [0.25, 0.3) is 0 Å². The molecule has 0 fully saturated rings. The topological polar surface area (TPSA) is 32.3 Å². The molecule has 2 nitrogen and oxygen atoms in total. The lowest BCUT2D eigenvalue weighted by atomic mass is 10.1. The van der Waals surface area contributed by atoms with E-state index in [9.17, 15) is 0 Å². The monoisotopic (exact) mass is 219 g/mol. The third kappa shape index (κ3) is 5.23. The van der Waals surface area contributed by atoms with Crippen LogP contribution in [-0.2, 0) is 0 Å². The van der Waals surface area contributed by atoms with Gasteiger partial charge >= 0.3 is 0 Å². The summed E-state index contributed by atoms with van der Waals surface area (Å²) in [6.07, 6.45) is 5.68. The van der Waals surface area contributed by atoms with Gasteiger partial charge in [-0.3, -0.25) is 0 Å². The molecule has 0 aliphatic carbocycles. The molecule has 0 saturated carbocycles. The summed E-state index contributed by atoms with van der Waals surface area (Å²) in [5.74, 6) is 0. The summed E-state index contributed by atoms with van der Waals surface area (Å²) in [6.45, 7) is 6.85. The lowest BCUT2D eigenvalue weighted by Crippen LogP contribution is -2.43. The molecule has 0 bridgehead atoms. The van der Waals surface area contributed by atoms with Crippen LogP contribution in [0.1, 0.15) is 40.0 Å². The maximum Gasteiger partial charge on any atom is 0.0564 e. The predicted octanol–water partition coefficient (Wildman–Crippen LogP) is 2.27. The van der Waals surface area contributed by atoms with E-state index >= 15 is 0 Å². The summed E-state index contributed by atoms with van der Waals surface area (Å²) in [5, 5.41) is 13.1. The first kappa shape index (κ1) is 14.3. The molecule has 14 heavy (non-hydrogen) atoms. The van der Waals surface area contributed by atoms with Crippen molar-refractivity contribution in [1.82, 2.24) is 5.32 Å². The minimum atomic E-state index is 0.262. The van der Waals surface area contributed by atoms with Crippen molar-refractivity contribution < 1.29 is 5.11 Å². The van der Waals surface area contributed by atoms with Crippen LogP contribution in [0.4, 0.5) is 0 Å². The molecule has 3 atom stereocenters. The quantitative estimate of drug-likeness (QED) is 0.657. The van der Waals surface area contributed by atoms with Crippen molar-refractivity contribution in [3.63, 3.8) is 0 Å². The van der Waals surface area contributed by atoms with Crippen LogP contribution in [0, 0.1) is 0 Å². The zero-order valence-corrected chi connectivity index (χ0v) is 10.7. The Bertz CT molecular complexity index is 128. The SMILES string of the molecule is CCCC(CC)NC(C)C(CO)SC. The van der Waals surface area contributed by atoms with Gasteiger partial charge in [-0.1, -0.05) is 20.3 Å². The van der Waals surface area contributed by atoms with Crippen LogP contribution in [0.5, 0.6) is 0 Å². The van der Waals surface area contributed by atoms with Crippen molar-refractivity contribution in [1.29, 1.82) is 0 Å². The Morgan fingerprint density at radius 2 is 2.00 bits per heavy atom. The fourth-order valence-electron chi connectivity index (χ4n) is 1.67. The summed E-state index contributed by atoms with van der Waals surface area (Å²) < 4.78 is 0. The molecule has 0 spiro atoms. The van der Waals surface area contributed by atoms with E-state index in [0.29, 0.717) is 17.3 Å². The van der Waals surface area contributed by atoms with Crippen molar-refractivity contribution in [3.8, 4) is 0 Å². The highest BCUT2D eigenvalue weighted by molar-refractivity contribution is 7.99. The zero-order chi connectivity index (χ0) is 11.0. The molecular formula is C11H25NOS. The Morgan fingerprint density at radius 1 is 1.36 bits per heavy atom. The second kappa shape index (κ2) is 8.57. The minimum absolute atomic E-state index is 0.262. The number of hydrogen-bond donors (Lipinski definition) is 2. The average molecular weight is 219 g/mol. The third-order valence-electron chi connectivity index (χ3n) is 2.67. The van der Waals surface area contributed by atoms with Gasteiger partial charge in [0, 0.05) is 17.3 Å². The van der Waals surface area contributed by atoms with Crippen LogP contribution in [0.25, 0.3) is 0 Å². The maximum atomic E-state index is 9.15. The fraction of sp³-hybridized carbons (Fsp3) is 1.00. The standard InChI is InChI=1S/C11H25NOS/c1-5-7-10(6-2)12-9(3)11(8-13)14-4/h9-13H,5-8H2,1-4H3. The van der Waals surface area contributed by atoms with E-state index in [1.54, 1.807) is 11.8 Å². The molecule has 0 saturated heterocycles. The van der Waals surface area contributed by atoms with Crippen molar-refractivity contribution in [2.24, 2.45) is 0 Å². The molecule has 2 N–H and O–H groups in total. The number of rotatable bonds is 8. The zero-order valence-electron chi connectivity index (χ0n) is 9.92. The Balaban J connectivity index is 3.92. The van der Waals surface area contributed by atoms with E-state index in [-0.39, 0.29) is 6.61 Å². The maximum absolute atomic E-state index is 9.15. The molecule has 0 heterocycles. The predicted molar refractivity (Wildman–Crippen MR) is 66.0 cm³/mol. The van der Waals surface area contributed by atoms with Gasteiger partial charge in [0.05, 0.1) is 6.61 Å². The highest BCUT2D eigenvalue weighted by atomic mass is 32.2. The lowest BCUT2D eigenvalue weighted by Gasteiger charge is -2.26. The summed E-state index contributed by atoms with van der Waals surface area (Å²) in [5.41, 5.74) is 0. The highest BCUT2D eigenvalue weighted by Gasteiger charge is 2.17. The van der Waals surface area contributed by atoms with Gasteiger partial charge < -0.3 is 10.4 Å². The third-order valence-corrected chi connectivity index (χ3v) is 3.83. The molecule has 0 aliphatic rings. The Hall–Kier alpha value is 0.270. The van der Waals surface area contributed by atoms with Crippen LogP contribution < -0.4 is 5.32 Å². The van der Waals surface area contributed by atoms with Crippen LogP contribution >= 0.6 is 11.8 Å². The first-order valence-corrected chi connectivity index (χ1v) is 6.88. The van der Waals surface area contributed by atoms with Gasteiger partial charge in [0.2, 0.25) is 0 Å². The van der Waals surface area contributed by atoms with E-state index in [2.05, 4.69) is 32.3 Å². The van der Waals surface area contributed by atoms with Crippen LogP contribution in [0.15, 0.2) is 0 Å². The molecule has 3 unspecified atom stereocenters. The minimum Gasteiger partial charge on any atom is -0.395 e. The number of aliphatic hydroxyl groups is 1. The molecule has 0 amide bonds. The van der Waals surface area contributed by atoms with Gasteiger partial charge in [-0.2, -0.15) is 11.8 Å². The Morgan fingerprint density at radius 3 is 2.36 bits per heavy atom. The van der Waals surface area contributed by atoms with Crippen molar-refractivity contribution in [2.45, 2.75) is 57.4 Å². The van der Waals surface area contributed by atoms with Gasteiger partial charge in [-0.25, -0.2) is 0 Å². The second-order valence-corrected chi connectivity index (χ2v) is 4.88. The van der Waals surface area contributed by atoms with Crippen molar-refractivity contribution in [3.05, 3.63) is 0 Å². The summed E-state index contributed by atoms with van der Waals surface area (Å²) >= 11 is 1.74. The number of aliphatic hydroxyl groups excluding tert-OH is 1. The molecule has 0 radical (unpaired) electrons. The summed E-state index contributed by atoms with van der Waals surface area (Å²) in [4.78, 5) is 0. The molecule has 0 aromatic carbocycles. The summed E-state index contributed by atoms with van der Waals surface area (Å²) in [6, 6.07) is 1.00. The van der Waals surface area contributed by atoms with Gasteiger partial charge in [-0.15, -0.1) is 0 Å². The van der Waals surface area contributed by atoms with Gasteiger partial charge in [-0.05, 0) is 26.0 Å². The first-order valence-electron chi connectivity index (χ1n) is 5.59. The normalized spacial score (nSPS) is 17.8. The Kier molecular flexibility index (Phi) is 8.73. The average Bonchev–Trinajstić information content (AvgIpc) is 2.19. The molecule has 0 aliphatic heterocycles. The van der Waals surface area contributed by atoms with E-state index < -0.39 is 0 Å². The molecule has 0 aromatic rings. The van der Waals surface area contributed by atoms with Gasteiger partial charge in [0.15, 0.2) is 0 Å². The number of nitrogens with one attached hydrogen (secondary N) is 1. The largest absolute Gasteiger partial charge is 0.395 e. The molecule has 3 heteroatoms. The molecular weight excluding hydrogens is 194 g/mol. The molecule has 0 rings (SSSR count). The molecule has 0 aromatic heterocycles. The van der Waals surface area contributed by atoms with Crippen molar-refractivity contribution >= 4 is 11.8 Å².